The highest BCUT2D eigenvalue weighted by molar-refractivity contribution is 5.86. The van der Waals surface area contributed by atoms with E-state index in [1.165, 1.54) is 0 Å². The van der Waals surface area contributed by atoms with Crippen molar-refractivity contribution in [3.63, 3.8) is 0 Å². The molecule has 0 amide bonds. The number of rotatable bonds is 6. The Kier molecular flexibility index (Phi) is 5.20. The molecule has 0 saturated carbocycles. The molecule has 0 aliphatic carbocycles. The summed E-state index contributed by atoms with van der Waals surface area (Å²) in [4.78, 5) is 4.48. The quantitative estimate of drug-likeness (QED) is 0.332. The minimum atomic E-state index is -0.951. The van der Waals surface area contributed by atoms with Crippen molar-refractivity contribution in [1.82, 2.24) is 25.0 Å². The monoisotopic (exact) mass is 452 g/mol. The van der Waals surface area contributed by atoms with Crippen LogP contribution >= 0.6 is 0 Å². The summed E-state index contributed by atoms with van der Waals surface area (Å²) < 4.78 is 7.46. The lowest BCUT2D eigenvalue weighted by Gasteiger charge is -2.16. The number of benzene rings is 2. The Bertz CT molecular complexity index is 1440. The molecule has 8 heteroatoms. The minimum Gasteiger partial charge on any atom is -0.477 e. The second kappa shape index (κ2) is 8.64. The van der Waals surface area contributed by atoms with E-state index in [2.05, 4.69) is 43.8 Å². The molecule has 0 saturated heterocycles. The molecule has 1 atom stereocenters. The van der Waals surface area contributed by atoms with Crippen molar-refractivity contribution < 1.29 is 9.84 Å². The number of anilines is 1. The third-order valence-corrected chi connectivity index (χ3v) is 6.07. The third kappa shape index (κ3) is 3.99. The lowest BCUT2D eigenvalue weighted by Crippen LogP contribution is -2.10. The topological polar surface area (TPSA) is 101 Å². The molecular formula is C26H24N6O2. The standard InChI is InChI=1S/C26H24N6O2/c33-25(29-21-14-28-32(16-21)15-17-5-2-1-3-6-17)24-22-9-8-18(12-23(22)30-31-24)20-11-19-7-4-10-34-26(19)27-13-20/h1-3,5-6,8-9,11-14,16,25,29,33H,4,7,10,15H2,(H,30,31). The van der Waals surface area contributed by atoms with Crippen LogP contribution in [0.2, 0.25) is 0 Å². The highest BCUT2D eigenvalue weighted by Crippen LogP contribution is 2.31. The van der Waals surface area contributed by atoms with Gasteiger partial charge in [-0.05, 0) is 36.1 Å². The van der Waals surface area contributed by atoms with Gasteiger partial charge >= 0.3 is 0 Å². The van der Waals surface area contributed by atoms with Gasteiger partial charge in [-0.25, -0.2) is 4.98 Å². The predicted octanol–water partition coefficient (Wildman–Crippen LogP) is 4.30. The van der Waals surface area contributed by atoms with E-state index < -0.39 is 6.23 Å². The third-order valence-electron chi connectivity index (χ3n) is 6.07. The van der Waals surface area contributed by atoms with Crippen molar-refractivity contribution in [3.05, 3.63) is 90.0 Å². The van der Waals surface area contributed by atoms with E-state index in [9.17, 15) is 5.11 Å². The zero-order valence-corrected chi connectivity index (χ0v) is 18.5. The molecule has 0 spiro atoms. The van der Waals surface area contributed by atoms with Crippen molar-refractivity contribution in [2.24, 2.45) is 0 Å². The van der Waals surface area contributed by atoms with Gasteiger partial charge in [0, 0.05) is 28.9 Å². The largest absolute Gasteiger partial charge is 0.477 e. The summed E-state index contributed by atoms with van der Waals surface area (Å²) >= 11 is 0. The maximum absolute atomic E-state index is 10.8. The fourth-order valence-corrected chi connectivity index (χ4v) is 4.34. The van der Waals surface area contributed by atoms with Gasteiger partial charge in [-0.3, -0.25) is 9.78 Å². The van der Waals surface area contributed by atoms with Gasteiger partial charge in [0.15, 0.2) is 6.23 Å². The Balaban J connectivity index is 1.20. The summed E-state index contributed by atoms with van der Waals surface area (Å²) in [7, 11) is 0. The van der Waals surface area contributed by atoms with Crippen LogP contribution in [0.3, 0.4) is 0 Å². The first-order valence-corrected chi connectivity index (χ1v) is 11.3. The molecule has 1 aliphatic heterocycles. The molecule has 1 unspecified atom stereocenters. The number of nitrogens with zero attached hydrogens (tertiary/aromatic N) is 4. The van der Waals surface area contributed by atoms with Gasteiger partial charge < -0.3 is 15.2 Å². The van der Waals surface area contributed by atoms with E-state index in [-0.39, 0.29) is 0 Å². The number of aliphatic hydroxyl groups excluding tert-OH is 1. The molecule has 170 valence electrons. The molecule has 0 bridgehead atoms. The fraction of sp³-hybridized carbons (Fsp3) is 0.192. The van der Waals surface area contributed by atoms with Crippen LogP contribution in [-0.4, -0.2) is 36.7 Å². The van der Waals surface area contributed by atoms with Gasteiger partial charge in [-0.1, -0.05) is 42.5 Å². The van der Waals surface area contributed by atoms with Crippen LogP contribution in [0.15, 0.2) is 73.2 Å². The van der Waals surface area contributed by atoms with Crippen LogP contribution in [0.1, 0.15) is 29.5 Å². The molecule has 3 aromatic heterocycles. The van der Waals surface area contributed by atoms with Crippen LogP contribution < -0.4 is 10.1 Å². The van der Waals surface area contributed by atoms with E-state index in [1.807, 2.05) is 53.5 Å². The average molecular weight is 453 g/mol. The number of aromatic nitrogens is 5. The van der Waals surface area contributed by atoms with Crippen LogP contribution in [0.4, 0.5) is 5.69 Å². The zero-order chi connectivity index (χ0) is 22.9. The predicted molar refractivity (Wildman–Crippen MR) is 129 cm³/mol. The highest BCUT2D eigenvalue weighted by atomic mass is 16.5. The first kappa shape index (κ1) is 20.4. The molecule has 5 aromatic rings. The number of aliphatic hydroxyl groups is 1. The van der Waals surface area contributed by atoms with E-state index in [1.54, 1.807) is 6.20 Å². The molecule has 1 aliphatic rings. The van der Waals surface area contributed by atoms with Crippen LogP contribution in [0.5, 0.6) is 5.88 Å². The Hall–Kier alpha value is -4.17. The number of aryl methyl sites for hydroxylation is 1. The number of nitrogens with one attached hydrogen (secondary N) is 2. The fourth-order valence-electron chi connectivity index (χ4n) is 4.34. The normalized spacial score (nSPS) is 13.9. The SMILES string of the molecule is OC(Nc1cnn(Cc2ccccc2)c1)c1[nH]nc2cc(-c3cnc4c(c3)CCCO4)ccc12. The maximum atomic E-state index is 10.8. The molecule has 0 fully saturated rings. The van der Waals surface area contributed by atoms with Gasteiger partial charge in [0.05, 0.1) is 36.2 Å². The molecule has 34 heavy (non-hydrogen) atoms. The van der Waals surface area contributed by atoms with Gasteiger partial charge in [0.25, 0.3) is 0 Å². The number of hydrogen-bond donors (Lipinski definition) is 3. The van der Waals surface area contributed by atoms with E-state index in [0.29, 0.717) is 12.2 Å². The summed E-state index contributed by atoms with van der Waals surface area (Å²) in [6.45, 7) is 1.39. The number of hydrogen-bond acceptors (Lipinski definition) is 6. The van der Waals surface area contributed by atoms with E-state index in [4.69, 9.17) is 4.74 Å². The molecule has 4 heterocycles. The molecule has 8 nitrogen and oxygen atoms in total. The molecule has 6 rings (SSSR count). The summed E-state index contributed by atoms with van der Waals surface area (Å²) in [6, 6.07) is 18.3. The summed E-state index contributed by atoms with van der Waals surface area (Å²) in [6.07, 6.45) is 6.45. The highest BCUT2D eigenvalue weighted by Gasteiger charge is 2.17. The Morgan fingerprint density at radius 3 is 2.91 bits per heavy atom. The van der Waals surface area contributed by atoms with Crippen molar-refractivity contribution in [3.8, 4) is 17.0 Å². The van der Waals surface area contributed by atoms with Crippen molar-refractivity contribution in [2.75, 3.05) is 11.9 Å². The van der Waals surface area contributed by atoms with Crippen molar-refractivity contribution in [1.29, 1.82) is 0 Å². The van der Waals surface area contributed by atoms with Crippen LogP contribution in [-0.2, 0) is 13.0 Å². The van der Waals surface area contributed by atoms with E-state index >= 15 is 0 Å². The lowest BCUT2D eigenvalue weighted by molar-refractivity contribution is 0.204. The number of pyridine rings is 1. The van der Waals surface area contributed by atoms with Crippen molar-refractivity contribution in [2.45, 2.75) is 25.6 Å². The Morgan fingerprint density at radius 1 is 1.09 bits per heavy atom. The van der Waals surface area contributed by atoms with Crippen LogP contribution in [0.25, 0.3) is 22.0 Å². The maximum Gasteiger partial charge on any atom is 0.216 e. The smallest absolute Gasteiger partial charge is 0.216 e. The first-order chi connectivity index (χ1) is 16.7. The Labute approximate surface area is 196 Å². The number of H-pyrrole nitrogens is 1. The molecule has 3 N–H and O–H groups in total. The first-order valence-electron chi connectivity index (χ1n) is 11.3. The number of fused-ring (bicyclic) bond motifs is 2. The van der Waals surface area contributed by atoms with Gasteiger partial charge in [-0.15, -0.1) is 0 Å². The van der Waals surface area contributed by atoms with Crippen LogP contribution in [0, 0.1) is 0 Å². The summed E-state index contributed by atoms with van der Waals surface area (Å²) in [5, 5.41) is 26.6. The molecular weight excluding hydrogens is 428 g/mol. The second-order valence-electron chi connectivity index (χ2n) is 8.47. The zero-order valence-electron chi connectivity index (χ0n) is 18.5. The molecule has 2 aromatic carbocycles. The summed E-state index contributed by atoms with van der Waals surface area (Å²) in [5.41, 5.74) is 6.46. The van der Waals surface area contributed by atoms with E-state index in [0.717, 1.165) is 64.2 Å². The average Bonchev–Trinajstić information content (AvgIpc) is 3.50. The molecule has 0 radical (unpaired) electrons. The van der Waals surface area contributed by atoms with Crippen molar-refractivity contribution >= 4 is 16.6 Å². The second-order valence-corrected chi connectivity index (χ2v) is 8.47. The lowest BCUT2D eigenvalue weighted by atomic mass is 10.0. The number of ether oxygens (including phenoxy) is 1. The minimum absolute atomic E-state index is 0.606. The number of aromatic amines is 1. The van der Waals surface area contributed by atoms with Gasteiger partial charge in [0.1, 0.15) is 0 Å². The van der Waals surface area contributed by atoms with Gasteiger partial charge in [0.2, 0.25) is 5.88 Å². The Morgan fingerprint density at radius 2 is 2.00 bits per heavy atom. The van der Waals surface area contributed by atoms with Gasteiger partial charge in [-0.2, -0.15) is 10.2 Å². The summed E-state index contributed by atoms with van der Waals surface area (Å²) in [5.74, 6) is 0.736.